The Kier molecular flexibility index (Phi) is 3.57. The standard InChI is InChI=1S/C23H18N2O5/c1-12-15-17(13-8-4-2-5-9-13)24-20-16(21(26)30-23(20)28)18(14-10-6-3-7-11-14)25(24)19(15)22(27)29-12/h2-11,15-20H,1H2. The van der Waals surface area contributed by atoms with E-state index in [0.29, 0.717) is 5.76 Å². The van der Waals surface area contributed by atoms with E-state index in [1.807, 2.05) is 70.7 Å². The van der Waals surface area contributed by atoms with Gasteiger partial charge in [0.05, 0.1) is 18.0 Å². The Morgan fingerprint density at radius 3 is 1.63 bits per heavy atom. The number of carbonyl (C=O) groups is 3. The van der Waals surface area contributed by atoms with Gasteiger partial charge < -0.3 is 9.47 Å². The summed E-state index contributed by atoms with van der Waals surface area (Å²) in [5.74, 6) is -2.22. The van der Waals surface area contributed by atoms with Gasteiger partial charge in [-0.3, -0.25) is 4.79 Å². The number of hydrogen-bond donors (Lipinski definition) is 0. The first-order valence-electron chi connectivity index (χ1n) is 9.90. The lowest BCUT2D eigenvalue weighted by molar-refractivity contribution is -0.163. The van der Waals surface area contributed by atoms with E-state index in [9.17, 15) is 14.4 Å². The van der Waals surface area contributed by atoms with Crippen LogP contribution in [0.1, 0.15) is 23.2 Å². The molecule has 0 aliphatic carbocycles. The molecule has 4 fully saturated rings. The lowest BCUT2D eigenvalue weighted by Gasteiger charge is -2.33. The molecule has 4 aliphatic rings. The van der Waals surface area contributed by atoms with Crippen molar-refractivity contribution in [3.05, 3.63) is 84.1 Å². The van der Waals surface area contributed by atoms with Crippen LogP contribution in [0, 0.1) is 11.8 Å². The number of hydrazine groups is 1. The number of rotatable bonds is 2. The van der Waals surface area contributed by atoms with Crippen molar-refractivity contribution >= 4 is 17.9 Å². The van der Waals surface area contributed by atoms with Gasteiger partial charge in [-0.05, 0) is 11.1 Å². The van der Waals surface area contributed by atoms with Crippen LogP contribution in [0.5, 0.6) is 0 Å². The maximum absolute atomic E-state index is 12.9. The summed E-state index contributed by atoms with van der Waals surface area (Å²) >= 11 is 0. The summed E-state index contributed by atoms with van der Waals surface area (Å²) in [6.45, 7) is 3.99. The number of benzene rings is 2. The van der Waals surface area contributed by atoms with E-state index < -0.39 is 42.0 Å². The van der Waals surface area contributed by atoms with Gasteiger partial charge in [-0.25, -0.2) is 19.6 Å². The number of ether oxygens (including phenoxy) is 2. The summed E-state index contributed by atoms with van der Waals surface area (Å²) < 4.78 is 10.5. The summed E-state index contributed by atoms with van der Waals surface area (Å²) in [5, 5.41) is 3.76. The van der Waals surface area contributed by atoms with Gasteiger partial charge >= 0.3 is 17.9 Å². The van der Waals surface area contributed by atoms with Crippen LogP contribution in [0.4, 0.5) is 0 Å². The van der Waals surface area contributed by atoms with E-state index in [1.54, 1.807) is 0 Å². The Bertz CT molecular complexity index is 998. The van der Waals surface area contributed by atoms with Crippen molar-refractivity contribution in [3.63, 3.8) is 0 Å². The zero-order valence-electron chi connectivity index (χ0n) is 15.9. The summed E-state index contributed by atoms with van der Waals surface area (Å²) in [7, 11) is 0. The molecule has 6 unspecified atom stereocenters. The molecule has 4 heterocycles. The number of esters is 3. The number of cyclic esters (lactones) is 3. The maximum Gasteiger partial charge on any atom is 0.333 e. The number of fused-ring (bicyclic) bond motifs is 5. The number of hydrogen-bond acceptors (Lipinski definition) is 7. The van der Waals surface area contributed by atoms with Crippen molar-refractivity contribution in [1.29, 1.82) is 0 Å². The van der Waals surface area contributed by atoms with Gasteiger partial charge in [0.2, 0.25) is 0 Å². The fourth-order valence-corrected chi connectivity index (χ4v) is 5.55. The second-order valence-corrected chi connectivity index (χ2v) is 8.04. The lowest BCUT2D eigenvalue weighted by atomic mass is 9.83. The number of carbonyl (C=O) groups excluding carboxylic acids is 3. The van der Waals surface area contributed by atoms with Gasteiger partial charge in [0.15, 0.2) is 0 Å². The smallest absolute Gasteiger partial charge is 0.333 e. The fourth-order valence-electron chi connectivity index (χ4n) is 5.55. The number of nitrogens with zero attached hydrogens (tertiary/aromatic N) is 2. The molecule has 7 heteroatoms. The minimum atomic E-state index is -0.792. The third-order valence-corrected chi connectivity index (χ3v) is 6.61. The lowest BCUT2D eigenvalue weighted by Crippen LogP contribution is -2.45. The molecule has 0 saturated carbocycles. The van der Waals surface area contributed by atoms with Crippen LogP contribution in [0.2, 0.25) is 0 Å². The Balaban J connectivity index is 1.58. The highest BCUT2D eigenvalue weighted by atomic mass is 16.6. The van der Waals surface area contributed by atoms with Crippen molar-refractivity contribution in [2.75, 3.05) is 0 Å². The van der Waals surface area contributed by atoms with Crippen LogP contribution in [0.3, 0.4) is 0 Å². The molecule has 2 aromatic rings. The largest absolute Gasteiger partial charge is 0.430 e. The van der Waals surface area contributed by atoms with Crippen LogP contribution >= 0.6 is 0 Å². The van der Waals surface area contributed by atoms with Crippen molar-refractivity contribution < 1.29 is 23.9 Å². The molecular weight excluding hydrogens is 384 g/mol. The Hall–Kier alpha value is -3.29. The van der Waals surface area contributed by atoms with Crippen molar-refractivity contribution in [2.24, 2.45) is 11.8 Å². The first-order valence-corrected chi connectivity index (χ1v) is 9.90. The van der Waals surface area contributed by atoms with Gasteiger partial charge in [-0.2, -0.15) is 0 Å². The van der Waals surface area contributed by atoms with Crippen LogP contribution in [-0.4, -0.2) is 40.0 Å². The zero-order valence-corrected chi connectivity index (χ0v) is 15.9. The molecule has 0 radical (unpaired) electrons. The minimum Gasteiger partial charge on any atom is -0.430 e. The molecule has 4 aliphatic heterocycles. The van der Waals surface area contributed by atoms with E-state index in [4.69, 9.17) is 9.47 Å². The van der Waals surface area contributed by atoms with Crippen LogP contribution in [0.25, 0.3) is 0 Å². The fraction of sp³-hybridized carbons (Fsp3) is 0.261. The molecule has 6 rings (SSSR count). The summed E-state index contributed by atoms with van der Waals surface area (Å²) in [4.78, 5) is 38.4. The molecule has 0 amide bonds. The predicted octanol–water partition coefficient (Wildman–Crippen LogP) is 2.14. The molecule has 150 valence electrons. The minimum absolute atomic E-state index is 0.351. The van der Waals surface area contributed by atoms with Gasteiger partial charge in [0, 0.05) is 0 Å². The van der Waals surface area contributed by atoms with Gasteiger partial charge in [0.25, 0.3) is 0 Å². The normalized spacial score (nSPS) is 35.2. The van der Waals surface area contributed by atoms with E-state index in [1.165, 1.54) is 0 Å². The summed E-state index contributed by atoms with van der Waals surface area (Å²) in [5.41, 5.74) is 1.77. The van der Waals surface area contributed by atoms with Crippen LogP contribution in [-0.2, 0) is 23.9 Å². The SMILES string of the molecule is C=C1OC(=O)C2C1C(c1ccccc1)N1C3C(=O)OC(=O)C3C(c3ccccc3)N21. The highest BCUT2D eigenvalue weighted by molar-refractivity contribution is 6.00. The monoisotopic (exact) mass is 402 g/mol. The molecule has 0 spiro atoms. The average Bonchev–Trinajstić information content (AvgIpc) is 3.43. The third kappa shape index (κ3) is 2.13. The molecular formula is C23H18N2O5. The van der Waals surface area contributed by atoms with Crippen molar-refractivity contribution in [3.8, 4) is 0 Å². The summed E-state index contributed by atoms with van der Waals surface area (Å²) in [6, 6.07) is 16.8. The highest BCUT2D eigenvalue weighted by Gasteiger charge is 2.71. The van der Waals surface area contributed by atoms with Crippen molar-refractivity contribution in [1.82, 2.24) is 10.0 Å². The maximum atomic E-state index is 12.9. The quantitative estimate of drug-likeness (QED) is 0.563. The Morgan fingerprint density at radius 2 is 1.07 bits per heavy atom. The second kappa shape index (κ2) is 6.10. The summed E-state index contributed by atoms with van der Waals surface area (Å²) in [6.07, 6.45) is 0. The molecule has 2 aromatic carbocycles. The molecule has 0 aromatic heterocycles. The van der Waals surface area contributed by atoms with E-state index in [-0.39, 0.29) is 12.0 Å². The van der Waals surface area contributed by atoms with E-state index in [0.717, 1.165) is 11.1 Å². The van der Waals surface area contributed by atoms with E-state index >= 15 is 0 Å². The molecule has 30 heavy (non-hydrogen) atoms. The van der Waals surface area contributed by atoms with Gasteiger partial charge in [-0.1, -0.05) is 67.2 Å². The first-order chi connectivity index (χ1) is 14.6. The predicted molar refractivity (Wildman–Crippen MR) is 103 cm³/mol. The molecule has 6 atom stereocenters. The first kappa shape index (κ1) is 17.6. The average molecular weight is 402 g/mol. The van der Waals surface area contributed by atoms with Crippen LogP contribution in [0.15, 0.2) is 73.0 Å². The Labute approximate surface area is 172 Å². The van der Waals surface area contributed by atoms with Gasteiger partial charge in [0.1, 0.15) is 23.8 Å². The van der Waals surface area contributed by atoms with E-state index in [2.05, 4.69) is 6.58 Å². The third-order valence-electron chi connectivity index (χ3n) is 6.61. The molecule has 0 bridgehead atoms. The Morgan fingerprint density at radius 1 is 0.600 bits per heavy atom. The van der Waals surface area contributed by atoms with Crippen LogP contribution < -0.4 is 0 Å². The highest BCUT2D eigenvalue weighted by Crippen LogP contribution is 2.59. The molecule has 4 saturated heterocycles. The topological polar surface area (TPSA) is 76.1 Å². The zero-order chi connectivity index (χ0) is 20.6. The molecule has 7 nitrogen and oxygen atoms in total. The second-order valence-electron chi connectivity index (χ2n) is 8.04. The van der Waals surface area contributed by atoms with Crippen molar-refractivity contribution in [2.45, 2.75) is 24.2 Å². The molecule has 0 N–H and O–H groups in total. The van der Waals surface area contributed by atoms with Gasteiger partial charge in [-0.15, -0.1) is 0 Å².